The van der Waals surface area contributed by atoms with Gasteiger partial charge < -0.3 is 10.6 Å². The van der Waals surface area contributed by atoms with Crippen molar-refractivity contribution in [2.24, 2.45) is 11.7 Å². The average molecular weight is 258 g/mol. The first-order valence-corrected chi connectivity index (χ1v) is 7.88. The highest BCUT2D eigenvalue weighted by Crippen LogP contribution is 2.35. The Morgan fingerprint density at radius 2 is 1.89 bits per heavy atom. The molecule has 1 aliphatic carbocycles. The monoisotopic (exact) mass is 258 g/mol. The molecule has 3 rings (SSSR count). The first kappa shape index (κ1) is 13.0. The zero-order valence-corrected chi connectivity index (χ0v) is 12.0. The van der Waals surface area contributed by atoms with Crippen LogP contribution in [-0.4, -0.2) is 18.6 Å². The van der Waals surface area contributed by atoms with Crippen LogP contribution in [0.3, 0.4) is 0 Å². The fourth-order valence-electron chi connectivity index (χ4n) is 3.87. The molecule has 2 N–H and O–H groups in total. The minimum absolute atomic E-state index is 0.304. The number of nitrogens with two attached hydrogens (primary N) is 1. The molecule has 1 atom stereocenters. The summed E-state index contributed by atoms with van der Waals surface area (Å²) in [6.45, 7) is 3.37. The van der Waals surface area contributed by atoms with E-state index >= 15 is 0 Å². The minimum atomic E-state index is 0.304. The molecule has 0 amide bonds. The molecule has 1 saturated carbocycles. The molecule has 19 heavy (non-hydrogen) atoms. The Balaban J connectivity index is 1.78. The summed E-state index contributed by atoms with van der Waals surface area (Å²) in [7, 11) is 0. The third-order valence-electron chi connectivity index (χ3n) is 5.05. The van der Waals surface area contributed by atoms with Crippen molar-refractivity contribution in [3.8, 4) is 0 Å². The summed E-state index contributed by atoms with van der Waals surface area (Å²) in [4.78, 5) is 2.61. The van der Waals surface area contributed by atoms with Crippen molar-refractivity contribution in [3.63, 3.8) is 0 Å². The Kier molecular flexibility index (Phi) is 3.79. The molecule has 104 valence electrons. The second-order valence-corrected chi connectivity index (χ2v) is 6.33. The summed E-state index contributed by atoms with van der Waals surface area (Å²) < 4.78 is 0. The summed E-state index contributed by atoms with van der Waals surface area (Å²) in [5.41, 5.74) is 9.15. The molecule has 0 spiro atoms. The van der Waals surface area contributed by atoms with Gasteiger partial charge in [-0.05, 0) is 49.7 Å². The van der Waals surface area contributed by atoms with Crippen LogP contribution >= 0.6 is 0 Å². The second kappa shape index (κ2) is 5.54. The second-order valence-electron chi connectivity index (χ2n) is 6.33. The van der Waals surface area contributed by atoms with Gasteiger partial charge in [0.15, 0.2) is 0 Å². The van der Waals surface area contributed by atoms with Crippen molar-refractivity contribution in [1.82, 2.24) is 0 Å². The van der Waals surface area contributed by atoms with E-state index in [1.165, 1.54) is 43.4 Å². The van der Waals surface area contributed by atoms with E-state index in [1.54, 1.807) is 0 Å². The maximum Gasteiger partial charge on any atom is 0.0402 e. The summed E-state index contributed by atoms with van der Waals surface area (Å²) in [5, 5.41) is 0. The molecule has 2 aliphatic rings. The lowest BCUT2D eigenvalue weighted by Crippen LogP contribution is -2.49. The van der Waals surface area contributed by atoms with Crippen LogP contribution in [0.2, 0.25) is 0 Å². The Morgan fingerprint density at radius 3 is 2.63 bits per heavy atom. The number of anilines is 1. The number of hydrogen-bond donors (Lipinski definition) is 1. The number of benzene rings is 1. The van der Waals surface area contributed by atoms with Crippen LogP contribution < -0.4 is 10.6 Å². The lowest BCUT2D eigenvalue weighted by Gasteiger charge is -2.43. The average Bonchev–Trinajstić information content (AvgIpc) is 2.46. The van der Waals surface area contributed by atoms with E-state index in [4.69, 9.17) is 5.73 Å². The molecule has 1 aromatic carbocycles. The van der Waals surface area contributed by atoms with Gasteiger partial charge in [-0.3, -0.25) is 0 Å². The van der Waals surface area contributed by atoms with Crippen LogP contribution in [-0.2, 0) is 6.42 Å². The summed E-state index contributed by atoms with van der Waals surface area (Å²) in [5.74, 6) is 0.963. The molecule has 1 fully saturated rings. The van der Waals surface area contributed by atoms with Crippen LogP contribution in [0.4, 0.5) is 5.69 Å². The third-order valence-corrected chi connectivity index (χ3v) is 5.05. The largest absolute Gasteiger partial charge is 0.367 e. The van der Waals surface area contributed by atoms with E-state index in [0.29, 0.717) is 6.04 Å². The number of para-hydroxylation sites is 1. The molecule has 1 aliphatic heterocycles. The van der Waals surface area contributed by atoms with Crippen molar-refractivity contribution >= 4 is 5.69 Å². The van der Waals surface area contributed by atoms with E-state index in [0.717, 1.165) is 24.9 Å². The lowest BCUT2D eigenvalue weighted by atomic mass is 9.82. The maximum atomic E-state index is 6.26. The van der Waals surface area contributed by atoms with Crippen LogP contribution in [0.25, 0.3) is 0 Å². The predicted octanol–water partition coefficient (Wildman–Crippen LogP) is 3.35. The van der Waals surface area contributed by atoms with E-state index in [2.05, 4.69) is 36.1 Å². The molecule has 0 aromatic heterocycles. The molecule has 2 heteroatoms. The maximum absolute atomic E-state index is 6.26. The zero-order valence-electron chi connectivity index (χ0n) is 12.0. The van der Waals surface area contributed by atoms with Gasteiger partial charge in [0.2, 0.25) is 0 Å². The van der Waals surface area contributed by atoms with Crippen LogP contribution in [0.1, 0.15) is 44.6 Å². The molecular formula is C17H26N2. The Bertz CT molecular complexity index is 421. The molecule has 1 heterocycles. The standard InChI is InChI=1S/C17H26N2/c1-2-13-7-9-16(10-8-13)19-12-15(18)11-14-5-3-4-6-17(14)19/h3-6,13,15-16H,2,7-12,18H2,1H3. The van der Waals surface area contributed by atoms with Gasteiger partial charge in [0.25, 0.3) is 0 Å². The van der Waals surface area contributed by atoms with E-state index in [9.17, 15) is 0 Å². The summed E-state index contributed by atoms with van der Waals surface area (Å²) in [6.07, 6.45) is 7.88. The summed E-state index contributed by atoms with van der Waals surface area (Å²) in [6, 6.07) is 9.87. The van der Waals surface area contributed by atoms with Crippen LogP contribution in [0.5, 0.6) is 0 Å². The first-order chi connectivity index (χ1) is 9.28. The molecule has 0 saturated heterocycles. The van der Waals surface area contributed by atoms with Gasteiger partial charge in [0, 0.05) is 24.3 Å². The third kappa shape index (κ3) is 2.64. The molecule has 1 aromatic rings. The van der Waals surface area contributed by atoms with Gasteiger partial charge in [-0.1, -0.05) is 31.5 Å². The van der Waals surface area contributed by atoms with E-state index in [1.807, 2.05) is 0 Å². The van der Waals surface area contributed by atoms with Gasteiger partial charge in [-0.15, -0.1) is 0 Å². The summed E-state index contributed by atoms with van der Waals surface area (Å²) >= 11 is 0. The van der Waals surface area contributed by atoms with E-state index in [-0.39, 0.29) is 0 Å². The topological polar surface area (TPSA) is 29.3 Å². The van der Waals surface area contributed by atoms with Gasteiger partial charge in [-0.2, -0.15) is 0 Å². The van der Waals surface area contributed by atoms with Gasteiger partial charge >= 0.3 is 0 Å². The molecule has 0 radical (unpaired) electrons. The van der Waals surface area contributed by atoms with Crippen molar-refractivity contribution < 1.29 is 0 Å². The molecule has 1 unspecified atom stereocenters. The number of hydrogen-bond acceptors (Lipinski definition) is 2. The number of rotatable bonds is 2. The smallest absolute Gasteiger partial charge is 0.0402 e. The highest BCUT2D eigenvalue weighted by molar-refractivity contribution is 5.57. The predicted molar refractivity (Wildman–Crippen MR) is 81.5 cm³/mol. The Morgan fingerprint density at radius 1 is 1.16 bits per heavy atom. The molecular weight excluding hydrogens is 232 g/mol. The Hall–Kier alpha value is -1.02. The minimum Gasteiger partial charge on any atom is -0.367 e. The number of fused-ring (bicyclic) bond motifs is 1. The molecule has 2 nitrogen and oxygen atoms in total. The Labute approximate surface area is 117 Å². The van der Waals surface area contributed by atoms with E-state index < -0.39 is 0 Å². The zero-order chi connectivity index (χ0) is 13.2. The SMILES string of the molecule is CCC1CCC(N2CC(N)Cc3ccccc32)CC1. The van der Waals surface area contributed by atoms with Gasteiger partial charge in [0.05, 0.1) is 0 Å². The van der Waals surface area contributed by atoms with Crippen molar-refractivity contribution in [2.45, 2.75) is 57.5 Å². The van der Waals surface area contributed by atoms with Crippen molar-refractivity contribution in [1.29, 1.82) is 0 Å². The highest BCUT2D eigenvalue weighted by Gasteiger charge is 2.30. The highest BCUT2D eigenvalue weighted by atomic mass is 15.2. The van der Waals surface area contributed by atoms with Crippen molar-refractivity contribution in [3.05, 3.63) is 29.8 Å². The first-order valence-electron chi connectivity index (χ1n) is 7.88. The fraction of sp³-hybridized carbons (Fsp3) is 0.647. The normalized spacial score (nSPS) is 31.1. The van der Waals surface area contributed by atoms with Crippen LogP contribution in [0, 0.1) is 5.92 Å². The van der Waals surface area contributed by atoms with Gasteiger partial charge in [0.1, 0.15) is 0 Å². The molecule has 0 bridgehead atoms. The van der Waals surface area contributed by atoms with Gasteiger partial charge in [-0.25, -0.2) is 0 Å². The quantitative estimate of drug-likeness (QED) is 0.881. The fourth-order valence-corrected chi connectivity index (χ4v) is 3.87. The van der Waals surface area contributed by atoms with Crippen LogP contribution in [0.15, 0.2) is 24.3 Å². The lowest BCUT2D eigenvalue weighted by molar-refractivity contribution is 0.303. The van der Waals surface area contributed by atoms with Crippen molar-refractivity contribution in [2.75, 3.05) is 11.4 Å². The number of nitrogens with zero attached hydrogens (tertiary/aromatic N) is 1.